The van der Waals surface area contributed by atoms with Crippen molar-refractivity contribution >= 4 is 63.5 Å². The van der Waals surface area contributed by atoms with Crippen LogP contribution in [-0.2, 0) is 15.8 Å². The summed E-state index contributed by atoms with van der Waals surface area (Å²) in [4.78, 5) is 24.5. The predicted octanol–water partition coefficient (Wildman–Crippen LogP) is 5.63. The van der Waals surface area contributed by atoms with Gasteiger partial charge in [-0.2, -0.15) is 13.2 Å². The van der Waals surface area contributed by atoms with Gasteiger partial charge in [-0.05, 0) is 42.0 Å². The lowest BCUT2D eigenvalue weighted by molar-refractivity contribution is -0.138. The topological polar surface area (TPSA) is 76.1 Å². The Labute approximate surface area is 200 Å². The van der Waals surface area contributed by atoms with Gasteiger partial charge in [-0.15, -0.1) is 0 Å². The Hall–Kier alpha value is -2.76. The van der Waals surface area contributed by atoms with Gasteiger partial charge in [0.25, 0.3) is 5.91 Å². The zero-order valence-electron chi connectivity index (χ0n) is 16.8. The van der Waals surface area contributed by atoms with E-state index >= 15 is 0 Å². The summed E-state index contributed by atoms with van der Waals surface area (Å²) in [5, 5.41) is 8.59. The molecular weight excluding hydrogens is 503 g/mol. The molecule has 1 aliphatic rings. The zero-order chi connectivity index (χ0) is 24.3. The molecule has 1 aliphatic heterocycles. The number of halogens is 4. The van der Waals surface area contributed by atoms with E-state index in [2.05, 4.69) is 0 Å². The molecule has 2 aromatic carbocycles. The number of carbonyl (C=O) groups is 2. The Balaban J connectivity index is 1.90. The lowest BCUT2D eigenvalue weighted by Crippen LogP contribution is -2.29. The molecule has 1 heterocycles. The van der Waals surface area contributed by atoms with Crippen LogP contribution in [-0.4, -0.2) is 35.0 Å². The second kappa shape index (κ2) is 10.0. The smallest absolute Gasteiger partial charge is 0.418 e. The molecular formula is C21H15ClF3NO5S2. The Morgan fingerprint density at radius 3 is 2.61 bits per heavy atom. The summed E-state index contributed by atoms with van der Waals surface area (Å²) in [5.41, 5.74) is -0.972. The molecule has 1 amide bonds. The third kappa shape index (κ3) is 5.79. The van der Waals surface area contributed by atoms with Crippen LogP contribution >= 0.6 is 35.6 Å². The summed E-state index contributed by atoms with van der Waals surface area (Å²) in [6, 6.07) is 7.77. The molecule has 3 rings (SSSR count). The second-order valence-electron chi connectivity index (χ2n) is 6.58. The summed E-state index contributed by atoms with van der Waals surface area (Å²) >= 11 is 11.8. The van der Waals surface area contributed by atoms with Crippen molar-refractivity contribution in [2.45, 2.75) is 12.6 Å². The van der Waals surface area contributed by atoms with E-state index in [0.717, 1.165) is 28.8 Å². The Morgan fingerprint density at radius 2 is 1.97 bits per heavy atom. The van der Waals surface area contributed by atoms with Crippen molar-refractivity contribution in [2.24, 2.45) is 0 Å². The van der Waals surface area contributed by atoms with Gasteiger partial charge in [-0.25, -0.2) is 0 Å². The minimum absolute atomic E-state index is 0.0559. The fourth-order valence-electron chi connectivity index (χ4n) is 2.90. The van der Waals surface area contributed by atoms with E-state index in [1.165, 1.54) is 25.3 Å². The number of benzene rings is 2. The monoisotopic (exact) mass is 517 g/mol. The largest absolute Gasteiger partial charge is 0.493 e. The predicted molar refractivity (Wildman–Crippen MR) is 123 cm³/mol. The van der Waals surface area contributed by atoms with Crippen molar-refractivity contribution in [1.29, 1.82) is 0 Å². The standard InChI is InChI=1S/C21H15ClF3NO5S2/c1-30-16-8-11(2-5-15(16)31-7-6-18(27)28)9-17-19(29)26(20(32)33-17)14-4-3-12(22)10-13(14)21(23,24)25/h2-5,8-10H,6-7H2,1H3,(H,27,28)/b17-9+. The number of aliphatic carboxylic acids is 1. The van der Waals surface area contributed by atoms with Crippen LogP contribution in [0.1, 0.15) is 17.5 Å². The third-order valence-corrected chi connectivity index (χ3v) is 5.89. The first-order chi connectivity index (χ1) is 15.5. The summed E-state index contributed by atoms with van der Waals surface area (Å²) in [6.07, 6.45) is -3.47. The molecule has 12 heteroatoms. The number of hydrogen-bond acceptors (Lipinski definition) is 6. The van der Waals surface area contributed by atoms with Gasteiger partial charge >= 0.3 is 12.1 Å². The fourth-order valence-corrected chi connectivity index (χ4v) is 4.36. The van der Waals surface area contributed by atoms with Crippen LogP contribution in [0, 0.1) is 0 Å². The molecule has 2 aromatic rings. The average Bonchev–Trinajstić information content (AvgIpc) is 3.01. The van der Waals surface area contributed by atoms with Crippen LogP contribution in [0.5, 0.6) is 11.5 Å². The summed E-state index contributed by atoms with van der Waals surface area (Å²) < 4.78 is 51.1. The van der Waals surface area contributed by atoms with E-state index in [1.54, 1.807) is 12.1 Å². The number of nitrogens with zero attached hydrogens (tertiary/aromatic N) is 1. The molecule has 0 aromatic heterocycles. The first-order valence-corrected chi connectivity index (χ1v) is 10.8. The molecule has 33 heavy (non-hydrogen) atoms. The number of ether oxygens (including phenoxy) is 2. The first-order valence-electron chi connectivity index (χ1n) is 9.18. The number of amides is 1. The van der Waals surface area contributed by atoms with Crippen molar-refractivity contribution in [1.82, 2.24) is 0 Å². The molecule has 0 atom stereocenters. The number of carboxylic acids is 1. The van der Waals surface area contributed by atoms with E-state index in [-0.39, 0.29) is 27.3 Å². The van der Waals surface area contributed by atoms with Crippen LogP contribution in [0.25, 0.3) is 6.08 Å². The van der Waals surface area contributed by atoms with Crippen molar-refractivity contribution in [2.75, 3.05) is 18.6 Å². The molecule has 0 bridgehead atoms. The summed E-state index contributed by atoms with van der Waals surface area (Å²) in [5.74, 6) is -1.12. The maximum atomic E-state index is 13.5. The van der Waals surface area contributed by atoms with Gasteiger partial charge in [0, 0.05) is 5.02 Å². The molecule has 0 radical (unpaired) electrons. The molecule has 1 saturated heterocycles. The van der Waals surface area contributed by atoms with E-state index in [4.69, 9.17) is 38.4 Å². The average molecular weight is 518 g/mol. The Kier molecular flexibility index (Phi) is 7.55. The van der Waals surface area contributed by atoms with Crippen LogP contribution in [0.2, 0.25) is 5.02 Å². The number of carbonyl (C=O) groups excluding carboxylic acids is 1. The van der Waals surface area contributed by atoms with Crippen molar-refractivity contribution in [3.8, 4) is 11.5 Å². The molecule has 6 nitrogen and oxygen atoms in total. The highest BCUT2D eigenvalue weighted by Gasteiger charge is 2.41. The van der Waals surface area contributed by atoms with E-state index in [0.29, 0.717) is 17.1 Å². The third-order valence-electron chi connectivity index (χ3n) is 4.36. The van der Waals surface area contributed by atoms with Gasteiger partial charge in [0.15, 0.2) is 15.8 Å². The first kappa shape index (κ1) is 24.9. The van der Waals surface area contributed by atoms with Crippen LogP contribution in [0.4, 0.5) is 18.9 Å². The van der Waals surface area contributed by atoms with Crippen molar-refractivity contribution < 1.29 is 37.3 Å². The highest BCUT2D eigenvalue weighted by molar-refractivity contribution is 8.27. The second-order valence-corrected chi connectivity index (χ2v) is 8.69. The minimum Gasteiger partial charge on any atom is -0.493 e. The zero-order valence-corrected chi connectivity index (χ0v) is 19.2. The van der Waals surface area contributed by atoms with E-state index in [9.17, 15) is 22.8 Å². The van der Waals surface area contributed by atoms with Gasteiger partial charge in [0.05, 0.1) is 36.3 Å². The number of thiocarbonyl (C=S) groups is 1. The lowest BCUT2D eigenvalue weighted by atomic mass is 10.1. The van der Waals surface area contributed by atoms with Crippen molar-refractivity contribution in [3.05, 3.63) is 57.5 Å². The van der Waals surface area contributed by atoms with Gasteiger partial charge in [-0.1, -0.05) is 41.6 Å². The maximum absolute atomic E-state index is 13.5. The quantitative estimate of drug-likeness (QED) is 0.377. The van der Waals surface area contributed by atoms with E-state index < -0.39 is 29.3 Å². The summed E-state index contributed by atoms with van der Waals surface area (Å²) in [7, 11) is 1.39. The van der Waals surface area contributed by atoms with Gasteiger partial charge in [0.1, 0.15) is 0 Å². The number of anilines is 1. The molecule has 1 N–H and O–H groups in total. The number of carboxylic acid groups (broad SMARTS) is 1. The van der Waals surface area contributed by atoms with Gasteiger partial charge in [-0.3, -0.25) is 14.5 Å². The number of alkyl halides is 3. The van der Waals surface area contributed by atoms with Gasteiger partial charge in [0.2, 0.25) is 0 Å². The molecule has 0 saturated carbocycles. The van der Waals surface area contributed by atoms with E-state index in [1.807, 2.05) is 0 Å². The Morgan fingerprint density at radius 1 is 1.24 bits per heavy atom. The summed E-state index contributed by atoms with van der Waals surface area (Å²) in [6.45, 7) is -0.0632. The molecule has 1 fully saturated rings. The number of thioether (sulfide) groups is 1. The molecule has 174 valence electrons. The van der Waals surface area contributed by atoms with Gasteiger partial charge < -0.3 is 14.6 Å². The normalized spacial score (nSPS) is 15.3. The fraction of sp³-hybridized carbons (Fsp3) is 0.190. The number of methoxy groups -OCH3 is 1. The van der Waals surface area contributed by atoms with Crippen LogP contribution in [0.15, 0.2) is 41.3 Å². The number of hydrogen-bond donors (Lipinski definition) is 1. The minimum atomic E-state index is -4.74. The maximum Gasteiger partial charge on any atom is 0.418 e. The highest BCUT2D eigenvalue weighted by atomic mass is 35.5. The molecule has 0 aliphatic carbocycles. The molecule has 0 spiro atoms. The number of rotatable bonds is 7. The Bertz CT molecular complexity index is 1150. The SMILES string of the molecule is COc1cc(/C=C2/SC(=S)N(c3ccc(Cl)cc3C(F)(F)F)C2=O)ccc1OCCC(=O)O. The van der Waals surface area contributed by atoms with Crippen LogP contribution in [0.3, 0.4) is 0 Å². The van der Waals surface area contributed by atoms with Crippen LogP contribution < -0.4 is 14.4 Å². The lowest BCUT2D eigenvalue weighted by Gasteiger charge is -2.20. The van der Waals surface area contributed by atoms with Crippen molar-refractivity contribution in [3.63, 3.8) is 0 Å². The highest BCUT2D eigenvalue weighted by Crippen LogP contribution is 2.43. The molecule has 0 unspecified atom stereocenters.